The minimum atomic E-state index is -3.33. The first-order chi connectivity index (χ1) is 9.51. The molecule has 1 aromatic heterocycles. The second kappa shape index (κ2) is 7.26. The third-order valence-corrected chi connectivity index (χ3v) is 7.37. The van der Waals surface area contributed by atoms with E-state index in [4.69, 9.17) is 0 Å². The lowest BCUT2D eigenvalue weighted by atomic mass is 10.3. The fourth-order valence-electron chi connectivity index (χ4n) is 1.72. The Kier molecular flexibility index (Phi) is 5.92. The Morgan fingerprint density at radius 3 is 2.85 bits per heavy atom. The fourth-order valence-corrected chi connectivity index (χ4v) is 4.47. The molecular weight excluding hydrogens is 312 g/mol. The van der Waals surface area contributed by atoms with Crippen molar-refractivity contribution in [2.75, 3.05) is 12.8 Å². The van der Waals surface area contributed by atoms with E-state index in [1.165, 1.54) is 24.2 Å². The Morgan fingerprint density at radius 1 is 1.45 bits per heavy atom. The zero-order chi connectivity index (χ0) is 14.6. The normalized spacial score (nSPS) is 17.3. The summed E-state index contributed by atoms with van der Waals surface area (Å²) >= 11 is 3.11. The Bertz CT molecular complexity index is 523. The molecule has 1 aromatic rings. The molecule has 0 spiro atoms. The van der Waals surface area contributed by atoms with Gasteiger partial charge >= 0.3 is 0 Å². The van der Waals surface area contributed by atoms with E-state index in [9.17, 15) is 8.42 Å². The molecule has 0 aromatic carbocycles. The third-order valence-electron chi connectivity index (χ3n) is 3.29. The van der Waals surface area contributed by atoms with Crippen LogP contribution in [0.5, 0.6) is 0 Å². The van der Waals surface area contributed by atoms with E-state index in [1.54, 1.807) is 17.8 Å². The summed E-state index contributed by atoms with van der Waals surface area (Å²) in [4.78, 5) is 1.08. The van der Waals surface area contributed by atoms with Crippen LogP contribution in [0.1, 0.15) is 31.1 Å². The van der Waals surface area contributed by atoms with Gasteiger partial charge in [0.1, 0.15) is 4.21 Å². The summed E-state index contributed by atoms with van der Waals surface area (Å²) in [5.41, 5.74) is 0. The number of rotatable bonds is 9. The molecule has 1 fully saturated rings. The fraction of sp³-hybridized carbons (Fsp3) is 0.692. The molecule has 1 atom stereocenters. The Morgan fingerprint density at radius 2 is 2.20 bits per heavy atom. The average Bonchev–Trinajstić information content (AvgIpc) is 3.12. The van der Waals surface area contributed by atoms with Crippen molar-refractivity contribution in [2.45, 2.75) is 48.2 Å². The van der Waals surface area contributed by atoms with Crippen LogP contribution in [0.25, 0.3) is 0 Å². The second-order valence-electron chi connectivity index (χ2n) is 5.11. The van der Waals surface area contributed by atoms with Crippen molar-refractivity contribution in [3.63, 3.8) is 0 Å². The van der Waals surface area contributed by atoms with Gasteiger partial charge in [-0.1, -0.05) is 6.92 Å². The Labute approximate surface area is 129 Å². The highest BCUT2D eigenvalue weighted by molar-refractivity contribution is 7.99. The van der Waals surface area contributed by atoms with Gasteiger partial charge in [-0.25, -0.2) is 13.1 Å². The topological polar surface area (TPSA) is 58.2 Å². The quantitative estimate of drug-likeness (QED) is 0.728. The maximum absolute atomic E-state index is 12.1. The van der Waals surface area contributed by atoms with Crippen molar-refractivity contribution in [2.24, 2.45) is 0 Å². The summed E-state index contributed by atoms with van der Waals surface area (Å²) in [6.45, 7) is 3.37. The van der Waals surface area contributed by atoms with Crippen LogP contribution in [0.2, 0.25) is 0 Å². The molecule has 1 aliphatic rings. The highest BCUT2D eigenvalue weighted by Gasteiger charge is 2.21. The van der Waals surface area contributed by atoms with E-state index in [0.717, 1.165) is 17.8 Å². The van der Waals surface area contributed by atoms with Gasteiger partial charge in [-0.2, -0.15) is 11.8 Å². The van der Waals surface area contributed by atoms with Crippen LogP contribution in [-0.2, 0) is 16.6 Å². The third kappa shape index (κ3) is 5.04. The van der Waals surface area contributed by atoms with Crippen molar-refractivity contribution in [3.8, 4) is 0 Å². The molecule has 2 rings (SSSR count). The summed E-state index contributed by atoms with van der Waals surface area (Å²) in [5.74, 6) is 0. The molecule has 1 heterocycles. The van der Waals surface area contributed by atoms with Crippen LogP contribution >= 0.6 is 23.1 Å². The minimum absolute atomic E-state index is 0.418. The molecule has 1 aliphatic carbocycles. The first-order valence-electron chi connectivity index (χ1n) is 6.86. The molecular formula is C13H22N2O2S3. The van der Waals surface area contributed by atoms with E-state index >= 15 is 0 Å². The molecule has 0 amide bonds. The van der Waals surface area contributed by atoms with Gasteiger partial charge in [-0.15, -0.1) is 11.3 Å². The minimum Gasteiger partial charge on any atom is -0.309 e. The lowest BCUT2D eigenvalue weighted by Crippen LogP contribution is -2.25. The Hall–Kier alpha value is -0.0800. The zero-order valence-corrected chi connectivity index (χ0v) is 14.3. The smallest absolute Gasteiger partial charge is 0.250 e. The maximum atomic E-state index is 12.1. The number of thioether (sulfide) groups is 1. The molecule has 0 aliphatic heterocycles. The van der Waals surface area contributed by atoms with Gasteiger partial charge in [0.05, 0.1) is 0 Å². The summed E-state index contributed by atoms with van der Waals surface area (Å²) < 4.78 is 27.4. The molecule has 1 unspecified atom stereocenters. The summed E-state index contributed by atoms with van der Waals surface area (Å²) in [7, 11) is -3.33. The monoisotopic (exact) mass is 334 g/mol. The maximum Gasteiger partial charge on any atom is 0.250 e. The largest absolute Gasteiger partial charge is 0.309 e. The van der Waals surface area contributed by atoms with E-state index in [0.29, 0.717) is 22.0 Å². The highest BCUT2D eigenvalue weighted by Crippen LogP contribution is 2.24. The summed E-state index contributed by atoms with van der Waals surface area (Å²) in [6, 6.07) is 4.25. The van der Waals surface area contributed by atoms with Crippen LogP contribution in [-0.4, -0.2) is 32.5 Å². The lowest BCUT2D eigenvalue weighted by molar-refractivity contribution is 0.581. The number of nitrogens with one attached hydrogen (secondary N) is 2. The molecule has 7 heteroatoms. The molecule has 4 nitrogen and oxygen atoms in total. The van der Waals surface area contributed by atoms with Gasteiger partial charge in [-0.05, 0) is 37.7 Å². The summed E-state index contributed by atoms with van der Waals surface area (Å²) in [5, 5.41) is 3.87. The van der Waals surface area contributed by atoms with Crippen molar-refractivity contribution in [1.29, 1.82) is 0 Å². The van der Waals surface area contributed by atoms with Gasteiger partial charge in [0, 0.05) is 29.3 Å². The van der Waals surface area contributed by atoms with Crippen molar-refractivity contribution in [3.05, 3.63) is 17.0 Å². The number of sulfonamides is 1. The molecule has 0 radical (unpaired) electrons. The predicted octanol–water partition coefficient (Wildman–Crippen LogP) is 2.42. The van der Waals surface area contributed by atoms with E-state index in [-0.39, 0.29) is 0 Å². The molecule has 114 valence electrons. The standard InChI is InChI=1S/C13H22N2O2S3/c1-10(18-2)7-8-15-20(16,17)13-6-5-12(19-13)9-14-11-3-4-11/h5-6,10-11,14-15H,3-4,7-9H2,1-2H3. The van der Waals surface area contributed by atoms with Crippen LogP contribution in [0.3, 0.4) is 0 Å². The molecule has 0 bridgehead atoms. The van der Waals surface area contributed by atoms with E-state index in [1.807, 2.05) is 12.3 Å². The van der Waals surface area contributed by atoms with Crippen LogP contribution in [0.15, 0.2) is 16.3 Å². The Balaban J connectivity index is 1.84. The first kappa shape index (κ1) is 16.3. The van der Waals surface area contributed by atoms with Gasteiger partial charge < -0.3 is 5.32 Å². The molecule has 2 N–H and O–H groups in total. The van der Waals surface area contributed by atoms with Gasteiger partial charge in [-0.3, -0.25) is 0 Å². The van der Waals surface area contributed by atoms with Crippen LogP contribution in [0, 0.1) is 0 Å². The molecule has 20 heavy (non-hydrogen) atoms. The highest BCUT2D eigenvalue weighted by atomic mass is 32.2. The number of thiophene rings is 1. The second-order valence-corrected chi connectivity index (χ2v) is 9.55. The number of hydrogen-bond acceptors (Lipinski definition) is 5. The summed E-state index contributed by atoms with van der Waals surface area (Å²) in [6.07, 6.45) is 5.37. The van der Waals surface area contributed by atoms with Gasteiger partial charge in [0.15, 0.2) is 0 Å². The zero-order valence-electron chi connectivity index (χ0n) is 11.9. The lowest BCUT2D eigenvalue weighted by Gasteiger charge is -2.08. The van der Waals surface area contributed by atoms with Crippen molar-refractivity contribution < 1.29 is 8.42 Å². The van der Waals surface area contributed by atoms with Gasteiger partial charge in [0.2, 0.25) is 10.0 Å². The predicted molar refractivity (Wildman–Crippen MR) is 87.0 cm³/mol. The SMILES string of the molecule is CSC(C)CCNS(=O)(=O)c1ccc(CNC2CC2)s1. The molecule has 0 saturated heterocycles. The number of hydrogen-bond donors (Lipinski definition) is 2. The van der Waals surface area contributed by atoms with Gasteiger partial charge in [0.25, 0.3) is 0 Å². The first-order valence-corrected chi connectivity index (χ1v) is 10.4. The molecule has 1 saturated carbocycles. The van der Waals surface area contributed by atoms with Crippen LogP contribution < -0.4 is 10.0 Å². The van der Waals surface area contributed by atoms with E-state index < -0.39 is 10.0 Å². The van der Waals surface area contributed by atoms with Crippen molar-refractivity contribution >= 4 is 33.1 Å². The average molecular weight is 335 g/mol. The van der Waals surface area contributed by atoms with E-state index in [2.05, 4.69) is 17.0 Å². The van der Waals surface area contributed by atoms with Crippen molar-refractivity contribution in [1.82, 2.24) is 10.0 Å². The van der Waals surface area contributed by atoms with Crippen LogP contribution in [0.4, 0.5) is 0 Å².